The maximum atomic E-state index is 12.9. The van der Waals surface area contributed by atoms with E-state index in [0.717, 1.165) is 32.5 Å². The molecule has 2 saturated heterocycles. The second-order valence-electron chi connectivity index (χ2n) is 6.39. The van der Waals surface area contributed by atoms with Crippen molar-refractivity contribution in [3.8, 4) is 0 Å². The van der Waals surface area contributed by atoms with Gasteiger partial charge in [0.15, 0.2) is 0 Å². The third-order valence-electron chi connectivity index (χ3n) is 4.76. The Morgan fingerprint density at radius 1 is 1.41 bits per heavy atom. The lowest BCUT2D eigenvalue weighted by Crippen LogP contribution is -2.49. The first-order valence-corrected chi connectivity index (χ1v) is 6.99. The van der Waals surface area contributed by atoms with Gasteiger partial charge in [0.25, 0.3) is 0 Å². The lowest BCUT2D eigenvalue weighted by Gasteiger charge is -2.37. The van der Waals surface area contributed by atoms with E-state index in [1.54, 1.807) is 0 Å². The van der Waals surface area contributed by atoms with Crippen LogP contribution in [0.2, 0.25) is 0 Å². The van der Waals surface area contributed by atoms with Crippen LogP contribution in [0.5, 0.6) is 0 Å². The molecule has 98 valence electrons. The van der Waals surface area contributed by atoms with Gasteiger partial charge in [-0.25, -0.2) is 0 Å². The van der Waals surface area contributed by atoms with Crippen molar-refractivity contribution in [2.75, 3.05) is 19.6 Å². The van der Waals surface area contributed by atoms with Crippen LogP contribution in [0.15, 0.2) is 0 Å². The zero-order valence-electron chi connectivity index (χ0n) is 11.6. The van der Waals surface area contributed by atoms with Crippen molar-refractivity contribution >= 4 is 5.91 Å². The highest BCUT2D eigenvalue weighted by atomic mass is 16.2. The highest BCUT2D eigenvalue weighted by Gasteiger charge is 2.48. The highest BCUT2D eigenvalue weighted by molar-refractivity contribution is 5.84. The van der Waals surface area contributed by atoms with Gasteiger partial charge in [-0.1, -0.05) is 20.8 Å². The number of rotatable bonds is 2. The fourth-order valence-corrected chi connectivity index (χ4v) is 3.50. The SMILES string of the molecule is CC1CC(C)N(C(=O)C2(C(C)C)CCNC2)C1. The minimum atomic E-state index is -0.141. The Kier molecular flexibility index (Phi) is 3.48. The van der Waals surface area contributed by atoms with Crippen molar-refractivity contribution in [2.24, 2.45) is 17.3 Å². The summed E-state index contributed by atoms with van der Waals surface area (Å²) in [6, 6.07) is 0.425. The quantitative estimate of drug-likeness (QED) is 0.796. The molecule has 2 fully saturated rings. The van der Waals surface area contributed by atoms with Gasteiger partial charge >= 0.3 is 0 Å². The molecule has 17 heavy (non-hydrogen) atoms. The minimum Gasteiger partial charge on any atom is -0.339 e. The number of hydrogen-bond donors (Lipinski definition) is 1. The van der Waals surface area contributed by atoms with E-state index in [2.05, 4.69) is 37.9 Å². The molecule has 0 aromatic rings. The molecule has 0 aromatic heterocycles. The van der Waals surface area contributed by atoms with Crippen LogP contribution >= 0.6 is 0 Å². The second kappa shape index (κ2) is 4.60. The summed E-state index contributed by atoms with van der Waals surface area (Å²) in [7, 11) is 0. The van der Waals surface area contributed by atoms with E-state index < -0.39 is 0 Å². The molecule has 2 aliphatic heterocycles. The zero-order valence-corrected chi connectivity index (χ0v) is 11.6. The van der Waals surface area contributed by atoms with E-state index in [1.807, 2.05) is 0 Å². The topological polar surface area (TPSA) is 32.3 Å². The third kappa shape index (κ3) is 2.10. The second-order valence-corrected chi connectivity index (χ2v) is 6.39. The summed E-state index contributed by atoms with van der Waals surface area (Å²) in [5.74, 6) is 1.48. The summed E-state index contributed by atoms with van der Waals surface area (Å²) in [6.45, 7) is 11.6. The van der Waals surface area contributed by atoms with Crippen LogP contribution in [0, 0.1) is 17.3 Å². The summed E-state index contributed by atoms with van der Waals surface area (Å²) >= 11 is 0. The first-order chi connectivity index (χ1) is 7.97. The lowest BCUT2D eigenvalue weighted by molar-refractivity contribution is -0.144. The van der Waals surface area contributed by atoms with Gasteiger partial charge in [0, 0.05) is 19.1 Å². The molecule has 0 saturated carbocycles. The molecule has 3 unspecified atom stereocenters. The van der Waals surface area contributed by atoms with Crippen LogP contribution < -0.4 is 5.32 Å². The van der Waals surface area contributed by atoms with E-state index in [0.29, 0.717) is 23.8 Å². The van der Waals surface area contributed by atoms with Gasteiger partial charge in [0.2, 0.25) is 5.91 Å². The van der Waals surface area contributed by atoms with E-state index in [-0.39, 0.29) is 5.41 Å². The van der Waals surface area contributed by atoms with Crippen molar-refractivity contribution in [1.82, 2.24) is 10.2 Å². The Labute approximate surface area is 105 Å². The number of nitrogens with zero attached hydrogens (tertiary/aromatic N) is 1. The Morgan fingerprint density at radius 3 is 2.53 bits per heavy atom. The molecule has 0 bridgehead atoms. The fourth-order valence-electron chi connectivity index (χ4n) is 3.50. The summed E-state index contributed by atoms with van der Waals surface area (Å²) in [5.41, 5.74) is -0.141. The molecule has 3 heteroatoms. The summed E-state index contributed by atoms with van der Waals surface area (Å²) in [6.07, 6.45) is 2.16. The molecular weight excluding hydrogens is 212 g/mol. The van der Waals surface area contributed by atoms with E-state index in [1.165, 1.54) is 0 Å². The van der Waals surface area contributed by atoms with Crippen LogP contribution in [-0.4, -0.2) is 36.5 Å². The van der Waals surface area contributed by atoms with Gasteiger partial charge in [-0.3, -0.25) is 4.79 Å². The predicted octanol–water partition coefficient (Wildman–Crippen LogP) is 1.88. The number of likely N-dealkylation sites (tertiary alicyclic amines) is 1. The monoisotopic (exact) mass is 238 g/mol. The molecule has 0 spiro atoms. The van der Waals surface area contributed by atoms with E-state index in [9.17, 15) is 4.79 Å². The summed E-state index contributed by atoms with van der Waals surface area (Å²) < 4.78 is 0. The number of carbonyl (C=O) groups is 1. The predicted molar refractivity (Wildman–Crippen MR) is 69.7 cm³/mol. The van der Waals surface area contributed by atoms with Crippen molar-refractivity contribution in [3.05, 3.63) is 0 Å². The van der Waals surface area contributed by atoms with Crippen molar-refractivity contribution < 1.29 is 4.79 Å². The van der Waals surface area contributed by atoms with Gasteiger partial charge in [-0.05, 0) is 38.1 Å². The summed E-state index contributed by atoms with van der Waals surface area (Å²) in [4.78, 5) is 15.0. The maximum absolute atomic E-state index is 12.9. The van der Waals surface area contributed by atoms with Crippen LogP contribution in [0.25, 0.3) is 0 Å². The number of carbonyl (C=O) groups excluding carboxylic acids is 1. The van der Waals surface area contributed by atoms with Crippen LogP contribution in [0.3, 0.4) is 0 Å². The highest BCUT2D eigenvalue weighted by Crippen LogP contribution is 2.38. The molecular formula is C14H26N2O. The largest absolute Gasteiger partial charge is 0.339 e. The third-order valence-corrected chi connectivity index (χ3v) is 4.76. The molecule has 0 aromatic carbocycles. The fraction of sp³-hybridized carbons (Fsp3) is 0.929. The van der Waals surface area contributed by atoms with Gasteiger partial charge < -0.3 is 10.2 Å². The minimum absolute atomic E-state index is 0.141. The molecule has 3 nitrogen and oxygen atoms in total. The number of hydrogen-bond acceptors (Lipinski definition) is 2. The van der Waals surface area contributed by atoms with Crippen molar-refractivity contribution in [3.63, 3.8) is 0 Å². The number of amides is 1. The maximum Gasteiger partial charge on any atom is 0.230 e. The average molecular weight is 238 g/mol. The molecule has 0 radical (unpaired) electrons. The molecule has 3 atom stereocenters. The van der Waals surface area contributed by atoms with Crippen molar-refractivity contribution in [2.45, 2.75) is 46.6 Å². The average Bonchev–Trinajstić information content (AvgIpc) is 2.84. The molecule has 2 rings (SSSR count). The van der Waals surface area contributed by atoms with Crippen molar-refractivity contribution in [1.29, 1.82) is 0 Å². The van der Waals surface area contributed by atoms with E-state index >= 15 is 0 Å². The Hall–Kier alpha value is -0.570. The Bertz CT molecular complexity index is 295. The molecule has 1 amide bonds. The first kappa shape index (κ1) is 12.9. The standard InChI is InChI=1S/C14H26N2O/c1-10(2)14(5-6-15-9-14)13(17)16-8-11(3)7-12(16)4/h10-12,15H,5-9H2,1-4H3. The van der Waals surface area contributed by atoms with Crippen LogP contribution in [0.1, 0.15) is 40.5 Å². The first-order valence-electron chi connectivity index (χ1n) is 6.99. The Balaban J connectivity index is 2.17. The molecule has 0 aliphatic carbocycles. The number of nitrogens with one attached hydrogen (secondary N) is 1. The summed E-state index contributed by atoms with van der Waals surface area (Å²) in [5, 5.41) is 3.38. The normalized spacial score (nSPS) is 38.1. The molecule has 1 N–H and O–H groups in total. The van der Waals surface area contributed by atoms with Gasteiger partial charge in [0.05, 0.1) is 5.41 Å². The zero-order chi connectivity index (χ0) is 12.6. The van der Waals surface area contributed by atoms with Gasteiger partial charge in [0.1, 0.15) is 0 Å². The molecule has 2 heterocycles. The smallest absolute Gasteiger partial charge is 0.230 e. The van der Waals surface area contributed by atoms with Crippen LogP contribution in [0.4, 0.5) is 0 Å². The van der Waals surface area contributed by atoms with Crippen LogP contribution in [-0.2, 0) is 4.79 Å². The van der Waals surface area contributed by atoms with E-state index in [4.69, 9.17) is 0 Å². The Morgan fingerprint density at radius 2 is 2.12 bits per heavy atom. The van der Waals surface area contributed by atoms with Gasteiger partial charge in [-0.2, -0.15) is 0 Å². The lowest BCUT2D eigenvalue weighted by atomic mass is 9.75. The van der Waals surface area contributed by atoms with Gasteiger partial charge in [-0.15, -0.1) is 0 Å². The molecule has 2 aliphatic rings.